The van der Waals surface area contributed by atoms with Gasteiger partial charge in [-0.05, 0) is 37.7 Å². The van der Waals surface area contributed by atoms with Crippen LogP contribution in [-0.2, 0) is 0 Å². The zero-order valence-corrected chi connectivity index (χ0v) is 13.0. The van der Waals surface area contributed by atoms with Crippen molar-refractivity contribution in [2.24, 2.45) is 5.92 Å². The summed E-state index contributed by atoms with van der Waals surface area (Å²) in [6, 6.07) is 6.24. The first kappa shape index (κ1) is 14.6. The molecule has 1 saturated heterocycles. The second-order valence-electron chi connectivity index (χ2n) is 6.36. The molecule has 5 nitrogen and oxygen atoms in total. The first-order valence-electron chi connectivity index (χ1n) is 7.51. The Kier molecular flexibility index (Phi) is 4.06. The normalized spacial score (nSPS) is 26.5. The van der Waals surface area contributed by atoms with Gasteiger partial charge in [0.2, 0.25) is 6.79 Å². The number of β-amino-alcohol motifs (C(OH)–C–C–N with tert-alkyl or cyclic N) is 1. The topological polar surface area (TPSA) is 45.2 Å². The number of fused-ring (bicyclic) bond motifs is 1. The summed E-state index contributed by atoms with van der Waals surface area (Å²) in [6.07, 6.45) is -0.493. The minimum absolute atomic E-state index is 0.267. The molecular formula is C16H24N2O3. The van der Waals surface area contributed by atoms with Gasteiger partial charge in [0.1, 0.15) is 0 Å². The lowest BCUT2D eigenvalue weighted by atomic mass is 10.1. The second-order valence-corrected chi connectivity index (χ2v) is 6.36. The molecule has 1 aromatic carbocycles. The van der Waals surface area contributed by atoms with E-state index in [0.29, 0.717) is 18.5 Å². The average molecular weight is 292 g/mol. The van der Waals surface area contributed by atoms with E-state index in [4.69, 9.17) is 9.47 Å². The number of likely N-dealkylation sites (N-methyl/N-ethyl adjacent to an activating group) is 1. The molecule has 0 amide bonds. The van der Waals surface area contributed by atoms with Crippen molar-refractivity contribution in [3.63, 3.8) is 0 Å². The van der Waals surface area contributed by atoms with Crippen LogP contribution in [0.15, 0.2) is 18.2 Å². The lowest BCUT2D eigenvalue weighted by Gasteiger charge is -2.23. The summed E-state index contributed by atoms with van der Waals surface area (Å²) in [5.41, 5.74) is 0.889. The molecule has 21 heavy (non-hydrogen) atoms. The highest BCUT2D eigenvalue weighted by atomic mass is 16.7. The Hall–Kier alpha value is -1.30. The summed E-state index contributed by atoms with van der Waals surface area (Å²) in [4.78, 5) is 4.61. The van der Waals surface area contributed by atoms with Crippen molar-refractivity contribution >= 4 is 0 Å². The predicted octanol–water partition coefficient (Wildman–Crippen LogP) is 1.33. The Morgan fingerprint density at radius 3 is 2.76 bits per heavy atom. The fourth-order valence-corrected chi connectivity index (χ4v) is 3.34. The van der Waals surface area contributed by atoms with Gasteiger partial charge in [0, 0.05) is 25.7 Å². The molecule has 3 atom stereocenters. The molecule has 2 aliphatic rings. The molecule has 2 heterocycles. The molecule has 0 saturated carbocycles. The molecule has 2 aliphatic heterocycles. The molecule has 0 spiro atoms. The highest BCUT2D eigenvalue weighted by Gasteiger charge is 2.32. The third kappa shape index (κ3) is 3.00. The standard InChI is InChI=1S/C16H24N2O3/c1-11-7-18(8-13(11)17(2)3)9-14(19)12-4-5-15-16(6-12)21-10-20-15/h4-6,11,13-14,19H,7-10H2,1-3H3. The van der Waals surface area contributed by atoms with Crippen LogP contribution in [0, 0.1) is 5.92 Å². The summed E-state index contributed by atoms with van der Waals surface area (Å²) in [7, 11) is 4.25. The smallest absolute Gasteiger partial charge is 0.231 e. The van der Waals surface area contributed by atoms with Crippen molar-refractivity contribution in [3.05, 3.63) is 23.8 Å². The Balaban J connectivity index is 1.63. The molecule has 116 valence electrons. The van der Waals surface area contributed by atoms with Gasteiger partial charge in [-0.2, -0.15) is 0 Å². The van der Waals surface area contributed by atoms with E-state index >= 15 is 0 Å². The van der Waals surface area contributed by atoms with Crippen LogP contribution in [0.2, 0.25) is 0 Å². The zero-order chi connectivity index (χ0) is 15.0. The Bertz CT molecular complexity index is 506. The van der Waals surface area contributed by atoms with Crippen LogP contribution in [0.3, 0.4) is 0 Å². The van der Waals surface area contributed by atoms with Gasteiger partial charge in [-0.3, -0.25) is 4.90 Å². The molecule has 0 radical (unpaired) electrons. The first-order valence-corrected chi connectivity index (χ1v) is 7.51. The van der Waals surface area contributed by atoms with Crippen LogP contribution in [0.25, 0.3) is 0 Å². The third-order valence-electron chi connectivity index (χ3n) is 4.52. The Labute approximate surface area is 126 Å². The summed E-state index contributed by atoms with van der Waals surface area (Å²) >= 11 is 0. The zero-order valence-electron chi connectivity index (χ0n) is 13.0. The molecule has 1 N–H and O–H groups in total. The van der Waals surface area contributed by atoms with Crippen LogP contribution in [0.5, 0.6) is 11.5 Å². The lowest BCUT2D eigenvalue weighted by molar-refractivity contribution is 0.121. The van der Waals surface area contributed by atoms with E-state index in [2.05, 4.69) is 30.8 Å². The van der Waals surface area contributed by atoms with Crippen molar-refractivity contribution in [2.45, 2.75) is 19.1 Å². The first-order chi connectivity index (χ1) is 10.0. The number of ether oxygens (including phenoxy) is 2. The molecule has 3 unspecified atom stereocenters. The van der Waals surface area contributed by atoms with E-state index in [0.717, 1.165) is 30.2 Å². The van der Waals surface area contributed by atoms with Gasteiger partial charge in [-0.15, -0.1) is 0 Å². The van der Waals surface area contributed by atoms with E-state index in [1.165, 1.54) is 0 Å². The highest BCUT2D eigenvalue weighted by molar-refractivity contribution is 5.45. The van der Waals surface area contributed by atoms with Gasteiger partial charge in [-0.25, -0.2) is 0 Å². The van der Waals surface area contributed by atoms with Gasteiger partial charge >= 0.3 is 0 Å². The monoisotopic (exact) mass is 292 g/mol. The minimum atomic E-state index is -0.493. The maximum absolute atomic E-state index is 10.5. The van der Waals surface area contributed by atoms with Gasteiger partial charge < -0.3 is 19.5 Å². The van der Waals surface area contributed by atoms with E-state index in [9.17, 15) is 5.11 Å². The number of aliphatic hydroxyl groups is 1. The molecular weight excluding hydrogens is 268 g/mol. The number of nitrogens with zero attached hydrogens (tertiary/aromatic N) is 2. The van der Waals surface area contributed by atoms with E-state index in [1.807, 2.05) is 18.2 Å². The molecule has 0 aliphatic carbocycles. The van der Waals surface area contributed by atoms with Crippen LogP contribution >= 0.6 is 0 Å². The van der Waals surface area contributed by atoms with E-state index < -0.39 is 6.10 Å². The number of rotatable bonds is 4. The van der Waals surface area contributed by atoms with E-state index in [-0.39, 0.29) is 6.79 Å². The van der Waals surface area contributed by atoms with Gasteiger partial charge in [0.05, 0.1) is 6.10 Å². The average Bonchev–Trinajstić information content (AvgIpc) is 3.04. The summed E-state index contributed by atoms with van der Waals surface area (Å²) in [5, 5.41) is 10.5. The van der Waals surface area contributed by atoms with Crippen molar-refractivity contribution in [2.75, 3.05) is 40.5 Å². The molecule has 1 fully saturated rings. The highest BCUT2D eigenvalue weighted by Crippen LogP contribution is 2.34. The largest absolute Gasteiger partial charge is 0.454 e. The quantitative estimate of drug-likeness (QED) is 0.907. The molecule has 0 bridgehead atoms. The minimum Gasteiger partial charge on any atom is -0.454 e. The van der Waals surface area contributed by atoms with Crippen molar-refractivity contribution in [1.82, 2.24) is 9.80 Å². The number of likely N-dealkylation sites (tertiary alicyclic amines) is 1. The van der Waals surface area contributed by atoms with Crippen LogP contribution in [0.4, 0.5) is 0 Å². The number of hydrogen-bond acceptors (Lipinski definition) is 5. The van der Waals surface area contributed by atoms with Gasteiger partial charge in [0.25, 0.3) is 0 Å². The number of hydrogen-bond donors (Lipinski definition) is 1. The van der Waals surface area contributed by atoms with E-state index in [1.54, 1.807) is 0 Å². The van der Waals surface area contributed by atoms with Crippen molar-refractivity contribution in [1.29, 1.82) is 0 Å². The fourth-order valence-electron chi connectivity index (χ4n) is 3.34. The van der Waals surface area contributed by atoms with Crippen molar-refractivity contribution in [3.8, 4) is 11.5 Å². The summed E-state index contributed by atoms with van der Waals surface area (Å²) < 4.78 is 10.7. The number of aliphatic hydroxyl groups excluding tert-OH is 1. The van der Waals surface area contributed by atoms with Crippen LogP contribution in [0.1, 0.15) is 18.6 Å². The summed E-state index contributed by atoms with van der Waals surface area (Å²) in [6.45, 7) is 5.25. The SMILES string of the molecule is CC1CN(CC(O)c2ccc3c(c2)OCO3)CC1N(C)C. The number of benzene rings is 1. The second kappa shape index (κ2) is 5.83. The summed E-state index contributed by atoms with van der Waals surface area (Å²) in [5.74, 6) is 2.12. The lowest BCUT2D eigenvalue weighted by Crippen LogP contribution is -2.35. The molecule has 5 heteroatoms. The fraction of sp³-hybridized carbons (Fsp3) is 0.625. The van der Waals surface area contributed by atoms with Crippen molar-refractivity contribution < 1.29 is 14.6 Å². The Morgan fingerprint density at radius 2 is 2.05 bits per heavy atom. The van der Waals surface area contributed by atoms with Crippen LogP contribution < -0.4 is 9.47 Å². The predicted molar refractivity (Wildman–Crippen MR) is 80.6 cm³/mol. The molecule has 0 aromatic heterocycles. The van der Waals surface area contributed by atoms with Gasteiger partial charge in [-0.1, -0.05) is 13.0 Å². The maximum atomic E-state index is 10.5. The Morgan fingerprint density at radius 1 is 1.29 bits per heavy atom. The maximum Gasteiger partial charge on any atom is 0.231 e. The molecule has 3 rings (SSSR count). The third-order valence-corrected chi connectivity index (χ3v) is 4.52. The van der Waals surface area contributed by atoms with Gasteiger partial charge in [0.15, 0.2) is 11.5 Å². The van der Waals surface area contributed by atoms with Crippen LogP contribution in [-0.4, -0.2) is 61.5 Å². The molecule has 1 aromatic rings.